The van der Waals surface area contributed by atoms with Crippen molar-refractivity contribution in [3.63, 3.8) is 0 Å². The molecule has 0 amide bonds. The summed E-state index contributed by atoms with van der Waals surface area (Å²) in [5.41, 5.74) is 0.684. The van der Waals surface area contributed by atoms with Crippen molar-refractivity contribution in [3.8, 4) is 0 Å². The molecule has 7 heteroatoms. The molecule has 3 nitrogen and oxygen atoms in total. The van der Waals surface area contributed by atoms with Crippen LogP contribution in [0.15, 0.2) is 53.4 Å². The Labute approximate surface area is 132 Å². The molecular weight excluding hydrogens is 327 g/mol. The number of benzene rings is 2. The summed E-state index contributed by atoms with van der Waals surface area (Å²) in [5.74, 6) is 0. The molecule has 122 valence electrons. The van der Waals surface area contributed by atoms with Crippen molar-refractivity contribution < 1.29 is 21.6 Å². The van der Waals surface area contributed by atoms with E-state index in [0.717, 1.165) is 23.3 Å². The lowest BCUT2D eigenvalue weighted by molar-refractivity contribution is -0.139. The Kier molecular flexibility index (Phi) is 3.93. The molecule has 23 heavy (non-hydrogen) atoms. The summed E-state index contributed by atoms with van der Waals surface area (Å²) in [7, 11) is -4.27. The molecule has 0 saturated heterocycles. The van der Waals surface area contributed by atoms with Gasteiger partial charge in [-0.1, -0.05) is 36.4 Å². The minimum Gasteiger partial charge on any atom is -0.207 e. The lowest BCUT2D eigenvalue weighted by atomic mass is 10.1. The quantitative estimate of drug-likeness (QED) is 0.926. The number of halogens is 3. The summed E-state index contributed by atoms with van der Waals surface area (Å²) in [6.07, 6.45) is -3.49. The average Bonchev–Trinajstić information content (AvgIpc) is 2.89. The van der Waals surface area contributed by atoms with Crippen molar-refractivity contribution in [2.24, 2.45) is 0 Å². The van der Waals surface area contributed by atoms with Crippen LogP contribution in [0.2, 0.25) is 0 Å². The maximum absolute atomic E-state index is 13.0. The molecule has 1 aliphatic rings. The van der Waals surface area contributed by atoms with E-state index < -0.39 is 32.7 Å². The standard InChI is InChI=1S/C16H14F3NO2S/c17-16(18,19)13-7-3-4-8-15(13)23(21,22)20-14-10-9-11-5-1-2-6-12(11)14/h1-8,14,20H,9-10H2. The second kappa shape index (κ2) is 5.65. The molecule has 3 rings (SSSR count). The molecule has 1 atom stereocenters. The monoisotopic (exact) mass is 341 g/mol. The largest absolute Gasteiger partial charge is 0.417 e. The summed E-state index contributed by atoms with van der Waals surface area (Å²) in [6.45, 7) is 0. The molecule has 0 fully saturated rings. The van der Waals surface area contributed by atoms with Gasteiger partial charge < -0.3 is 0 Å². The number of sulfonamides is 1. The minimum absolute atomic E-state index is 0.502. The summed E-state index contributed by atoms with van der Waals surface area (Å²) in [6, 6.07) is 11.0. The summed E-state index contributed by atoms with van der Waals surface area (Å²) in [4.78, 5) is -0.739. The number of hydrogen-bond donors (Lipinski definition) is 1. The number of fused-ring (bicyclic) bond motifs is 1. The molecule has 2 aromatic carbocycles. The van der Waals surface area contributed by atoms with Crippen LogP contribution >= 0.6 is 0 Å². The predicted octanol–water partition coefficient (Wildman–Crippen LogP) is 3.67. The zero-order chi connectivity index (χ0) is 16.7. The molecule has 0 radical (unpaired) electrons. The van der Waals surface area contributed by atoms with Gasteiger partial charge >= 0.3 is 6.18 Å². The first-order valence-electron chi connectivity index (χ1n) is 7.05. The lowest BCUT2D eigenvalue weighted by Crippen LogP contribution is -2.29. The highest BCUT2D eigenvalue weighted by Crippen LogP contribution is 2.36. The van der Waals surface area contributed by atoms with Gasteiger partial charge in [0.1, 0.15) is 0 Å². The summed E-state index contributed by atoms with van der Waals surface area (Å²) < 4.78 is 66.4. The van der Waals surface area contributed by atoms with Gasteiger partial charge in [0, 0.05) is 6.04 Å². The van der Waals surface area contributed by atoms with Crippen LogP contribution in [0.4, 0.5) is 13.2 Å². The van der Waals surface area contributed by atoms with Crippen molar-refractivity contribution in [1.82, 2.24) is 4.72 Å². The van der Waals surface area contributed by atoms with Gasteiger partial charge in [-0.05, 0) is 36.1 Å². The zero-order valence-corrected chi connectivity index (χ0v) is 12.8. The normalized spacial score (nSPS) is 18.0. The molecule has 0 saturated carbocycles. The van der Waals surface area contributed by atoms with E-state index in [4.69, 9.17) is 0 Å². The fraction of sp³-hybridized carbons (Fsp3) is 0.250. The Hall–Kier alpha value is -1.86. The zero-order valence-electron chi connectivity index (χ0n) is 12.0. The van der Waals surface area contributed by atoms with E-state index in [1.54, 1.807) is 12.1 Å². The third-order valence-electron chi connectivity index (χ3n) is 3.91. The number of rotatable bonds is 3. The lowest BCUT2D eigenvalue weighted by Gasteiger charge is -2.17. The Balaban J connectivity index is 1.96. The van der Waals surface area contributed by atoms with Gasteiger partial charge in [-0.2, -0.15) is 13.2 Å². The van der Waals surface area contributed by atoms with E-state index in [-0.39, 0.29) is 0 Å². The number of alkyl halides is 3. The maximum atomic E-state index is 13.0. The Morgan fingerprint density at radius 3 is 2.39 bits per heavy atom. The van der Waals surface area contributed by atoms with Crippen LogP contribution in [0.25, 0.3) is 0 Å². The first-order valence-corrected chi connectivity index (χ1v) is 8.54. The molecule has 1 unspecified atom stereocenters. The smallest absolute Gasteiger partial charge is 0.207 e. The van der Waals surface area contributed by atoms with E-state index in [1.807, 2.05) is 12.1 Å². The molecule has 0 heterocycles. The van der Waals surface area contributed by atoms with Gasteiger partial charge in [-0.25, -0.2) is 13.1 Å². The van der Waals surface area contributed by atoms with Crippen molar-refractivity contribution in [2.75, 3.05) is 0 Å². The van der Waals surface area contributed by atoms with Crippen LogP contribution in [0.3, 0.4) is 0 Å². The van der Waals surface area contributed by atoms with E-state index >= 15 is 0 Å². The number of hydrogen-bond acceptors (Lipinski definition) is 2. The van der Waals surface area contributed by atoms with Crippen molar-refractivity contribution in [2.45, 2.75) is 30.0 Å². The van der Waals surface area contributed by atoms with Crippen LogP contribution in [-0.4, -0.2) is 8.42 Å². The number of aryl methyl sites for hydroxylation is 1. The summed E-state index contributed by atoms with van der Waals surface area (Å²) in [5, 5.41) is 0. The molecule has 2 aromatic rings. The van der Waals surface area contributed by atoms with Crippen LogP contribution in [0, 0.1) is 0 Å². The van der Waals surface area contributed by atoms with Gasteiger partial charge in [0.15, 0.2) is 0 Å². The van der Waals surface area contributed by atoms with Crippen LogP contribution < -0.4 is 4.72 Å². The maximum Gasteiger partial charge on any atom is 0.417 e. The first-order chi connectivity index (χ1) is 10.8. The molecule has 1 aliphatic carbocycles. The van der Waals surface area contributed by atoms with Gasteiger partial charge in [0.25, 0.3) is 0 Å². The third-order valence-corrected chi connectivity index (χ3v) is 5.44. The molecule has 0 aliphatic heterocycles. The Morgan fingerprint density at radius 1 is 1.00 bits per heavy atom. The second-order valence-electron chi connectivity index (χ2n) is 5.41. The highest BCUT2D eigenvalue weighted by atomic mass is 32.2. The Bertz CT molecular complexity index is 831. The van der Waals surface area contributed by atoms with Crippen molar-refractivity contribution in [3.05, 3.63) is 65.2 Å². The van der Waals surface area contributed by atoms with Crippen molar-refractivity contribution >= 4 is 10.0 Å². The Morgan fingerprint density at radius 2 is 1.65 bits per heavy atom. The fourth-order valence-electron chi connectivity index (χ4n) is 2.87. The van der Waals surface area contributed by atoms with Gasteiger partial charge in [0.05, 0.1) is 10.5 Å². The summed E-state index contributed by atoms with van der Waals surface area (Å²) >= 11 is 0. The molecule has 1 N–H and O–H groups in total. The van der Waals surface area contributed by atoms with Gasteiger partial charge in [0.2, 0.25) is 10.0 Å². The van der Waals surface area contributed by atoms with Crippen LogP contribution in [0.1, 0.15) is 29.2 Å². The third kappa shape index (κ3) is 3.11. The molecular formula is C16H14F3NO2S. The van der Waals surface area contributed by atoms with Crippen molar-refractivity contribution in [1.29, 1.82) is 0 Å². The van der Waals surface area contributed by atoms with E-state index in [0.29, 0.717) is 12.8 Å². The highest BCUT2D eigenvalue weighted by molar-refractivity contribution is 7.89. The molecule has 0 bridgehead atoms. The SMILES string of the molecule is O=S(=O)(NC1CCc2ccccc21)c1ccccc1C(F)(F)F. The van der Waals surface area contributed by atoms with Crippen LogP contribution in [-0.2, 0) is 22.6 Å². The second-order valence-corrected chi connectivity index (χ2v) is 7.09. The van der Waals surface area contributed by atoms with Gasteiger partial charge in [-0.3, -0.25) is 0 Å². The molecule has 0 spiro atoms. The van der Waals surface area contributed by atoms with E-state index in [9.17, 15) is 21.6 Å². The first kappa shape index (κ1) is 16.0. The fourth-order valence-corrected chi connectivity index (χ4v) is 4.34. The van der Waals surface area contributed by atoms with E-state index in [1.165, 1.54) is 12.1 Å². The highest BCUT2D eigenvalue weighted by Gasteiger charge is 2.38. The van der Waals surface area contributed by atoms with Gasteiger partial charge in [-0.15, -0.1) is 0 Å². The minimum atomic E-state index is -4.72. The van der Waals surface area contributed by atoms with Crippen LogP contribution in [0.5, 0.6) is 0 Å². The average molecular weight is 341 g/mol. The predicted molar refractivity (Wildman–Crippen MR) is 79.3 cm³/mol. The number of nitrogens with one attached hydrogen (secondary N) is 1. The topological polar surface area (TPSA) is 46.2 Å². The molecule has 0 aromatic heterocycles. The van der Waals surface area contributed by atoms with E-state index in [2.05, 4.69) is 4.72 Å².